The Kier molecular flexibility index (Phi) is 3.56. The summed E-state index contributed by atoms with van der Waals surface area (Å²) >= 11 is 0. The Hall–Kier alpha value is -2.09. The minimum Gasteiger partial charge on any atom is -0.335 e. The lowest BCUT2D eigenvalue weighted by Gasteiger charge is -2.22. The maximum atomic E-state index is 12.4. The van der Waals surface area contributed by atoms with Crippen LogP contribution in [0.2, 0.25) is 0 Å². The van der Waals surface area contributed by atoms with Crippen molar-refractivity contribution in [3.63, 3.8) is 0 Å². The van der Waals surface area contributed by atoms with Gasteiger partial charge in [-0.2, -0.15) is 0 Å². The van der Waals surface area contributed by atoms with Gasteiger partial charge in [-0.15, -0.1) is 10.2 Å². The highest BCUT2D eigenvalue weighted by Crippen LogP contribution is 2.18. The van der Waals surface area contributed by atoms with E-state index in [1.807, 2.05) is 19.1 Å². The molecular weight excluding hydrogens is 304 g/mol. The van der Waals surface area contributed by atoms with E-state index < -0.39 is 15.7 Å². The van der Waals surface area contributed by atoms with Crippen molar-refractivity contribution in [2.75, 3.05) is 18.6 Å². The fourth-order valence-electron chi connectivity index (χ4n) is 2.54. The first-order chi connectivity index (χ1) is 10.4. The second-order valence-corrected chi connectivity index (χ2v) is 7.83. The fraction of sp³-hybridized carbons (Fsp3) is 0.429. The number of carbonyl (C=O) groups is 1. The molecule has 1 aromatic heterocycles. The van der Waals surface area contributed by atoms with Gasteiger partial charge in [0.2, 0.25) is 5.82 Å². The number of aryl methyl sites for hydroxylation is 1. The van der Waals surface area contributed by atoms with Gasteiger partial charge in [0, 0.05) is 13.1 Å². The van der Waals surface area contributed by atoms with Gasteiger partial charge >= 0.3 is 0 Å². The highest BCUT2D eigenvalue weighted by atomic mass is 32.2. The van der Waals surface area contributed by atoms with E-state index in [0.29, 0.717) is 17.5 Å². The number of hydrogen-bond acceptors (Lipinski definition) is 6. The van der Waals surface area contributed by atoms with Gasteiger partial charge in [-0.1, -0.05) is 6.07 Å². The number of hydrogen-bond donors (Lipinski definition) is 0. The predicted molar refractivity (Wildman–Crippen MR) is 81.2 cm³/mol. The molecule has 1 aliphatic heterocycles. The molecule has 0 saturated carbocycles. The molecule has 1 amide bonds. The maximum absolute atomic E-state index is 12.4. The Morgan fingerprint density at radius 2 is 2.05 bits per heavy atom. The van der Waals surface area contributed by atoms with Gasteiger partial charge in [0.05, 0.1) is 17.0 Å². The summed E-state index contributed by atoms with van der Waals surface area (Å²) in [6.45, 7) is 1.93. The molecule has 0 spiro atoms. The third-order valence-corrected chi connectivity index (χ3v) is 5.63. The number of benzene rings is 1. The topological polar surface area (TPSA) is 93.1 Å². The Bertz CT molecular complexity index is 850. The van der Waals surface area contributed by atoms with E-state index in [4.69, 9.17) is 0 Å². The summed E-state index contributed by atoms with van der Waals surface area (Å²) in [5, 5.41) is 7.87. The first kappa shape index (κ1) is 14.8. The van der Waals surface area contributed by atoms with Crippen molar-refractivity contribution in [1.29, 1.82) is 0 Å². The first-order valence-corrected chi connectivity index (χ1v) is 8.76. The Morgan fingerprint density at radius 1 is 1.27 bits per heavy atom. The van der Waals surface area contributed by atoms with Crippen LogP contribution in [0.5, 0.6) is 0 Å². The summed E-state index contributed by atoms with van der Waals surface area (Å²) in [6.07, 6.45) is 0.449. The molecule has 3 rings (SSSR count). The molecule has 1 saturated heterocycles. The minimum atomic E-state index is -3.05. The minimum absolute atomic E-state index is 0.00461. The smallest absolute Gasteiger partial charge is 0.293 e. The molecule has 22 heavy (non-hydrogen) atoms. The number of aromatic nitrogens is 3. The Labute approximate surface area is 128 Å². The molecule has 1 fully saturated rings. The molecule has 1 atom stereocenters. The number of rotatable bonds is 2. The largest absolute Gasteiger partial charge is 0.335 e. The van der Waals surface area contributed by atoms with Crippen LogP contribution in [-0.4, -0.2) is 59.0 Å². The molecule has 0 radical (unpaired) electrons. The first-order valence-electron chi connectivity index (χ1n) is 6.94. The van der Waals surface area contributed by atoms with Crippen LogP contribution in [0.1, 0.15) is 22.6 Å². The van der Waals surface area contributed by atoms with E-state index in [-0.39, 0.29) is 23.4 Å². The van der Waals surface area contributed by atoms with Gasteiger partial charge < -0.3 is 4.90 Å². The van der Waals surface area contributed by atoms with Crippen LogP contribution in [0.3, 0.4) is 0 Å². The molecule has 8 heteroatoms. The quantitative estimate of drug-likeness (QED) is 0.804. The summed E-state index contributed by atoms with van der Waals surface area (Å²) in [5.41, 5.74) is 2.24. The van der Waals surface area contributed by atoms with E-state index in [0.717, 1.165) is 5.56 Å². The lowest BCUT2D eigenvalue weighted by Crippen LogP contribution is -2.38. The zero-order valence-corrected chi connectivity index (χ0v) is 13.2. The van der Waals surface area contributed by atoms with E-state index in [9.17, 15) is 13.2 Å². The molecule has 2 heterocycles. The molecule has 7 nitrogen and oxygen atoms in total. The van der Waals surface area contributed by atoms with Crippen molar-refractivity contribution in [1.82, 2.24) is 20.1 Å². The molecule has 0 N–H and O–H groups in total. The van der Waals surface area contributed by atoms with E-state index in [1.54, 1.807) is 13.1 Å². The molecule has 116 valence electrons. The molecule has 1 aromatic carbocycles. The average Bonchev–Trinajstić information content (AvgIpc) is 2.85. The second-order valence-electron chi connectivity index (χ2n) is 5.60. The van der Waals surface area contributed by atoms with Gasteiger partial charge in [-0.3, -0.25) is 4.79 Å². The molecule has 2 aromatic rings. The molecule has 0 aliphatic carbocycles. The fourth-order valence-corrected chi connectivity index (χ4v) is 4.31. The van der Waals surface area contributed by atoms with Gasteiger partial charge in [0.15, 0.2) is 9.84 Å². The molecule has 0 bridgehead atoms. The highest BCUT2D eigenvalue weighted by Gasteiger charge is 2.33. The van der Waals surface area contributed by atoms with Crippen molar-refractivity contribution >= 4 is 26.8 Å². The highest BCUT2D eigenvalue weighted by molar-refractivity contribution is 7.91. The summed E-state index contributed by atoms with van der Waals surface area (Å²) in [5.74, 6) is -0.302. The number of sulfone groups is 1. The second kappa shape index (κ2) is 5.28. The summed E-state index contributed by atoms with van der Waals surface area (Å²) in [7, 11) is -1.47. The number of amides is 1. The monoisotopic (exact) mass is 320 g/mol. The molecular formula is C14H16N4O3S. The van der Waals surface area contributed by atoms with Crippen LogP contribution >= 0.6 is 0 Å². The molecule has 1 aliphatic rings. The van der Waals surface area contributed by atoms with Crippen molar-refractivity contribution in [2.45, 2.75) is 19.4 Å². The zero-order chi connectivity index (χ0) is 15.9. The van der Waals surface area contributed by atoms with Crippen molar-refractivity contribution in [3.05, 3.63) is 29.6 Å². The van der Waals surface area contributed by atoms with Crippen LogP contribution in [0.4, 0.5) is 0 Å². The van der Waals surface area contributed by atoms with Crippen molar-refractivity contribution in [2.24, 2.45) is 0 Å². The lowest BCUT2D eigenvalue weighted by molar-refractivity contribution is 0.0734. The summed E-state index contributed by atoms with van der Waals surface area (Å²) in [4.78, 5) is 18.1. The SMILES string of the molecule is Cc1ccc2nnc(C(=O)N(C)[C@H]3CCS(=O)(=O)C3)nc2c1. The molecule has 0 unspecified atom stereocenters. The maximum Gasteiger partial charge on any atom is 0.293 e. The van der Waals surface area contributed by atoms with Crippen LogP contribution in [0.25, 0.3) is 11.0 Å². The van der Waals surface area contributed by atoms with Gasteiger partial charge in [-0.05, 0) is 31.0 Å². The lowest BCUT2D eigenvalue weighted by atomic mass is 10.2. The average molecular weight is 320 g/mol. The number of fused-ring (bicyclic) bond motifs is 1. The summed E-state index contributed by atoms with van der Waals surface area (Å²) < 4.78 is 23.1. The Balaban J connectivity index is 1.88. The normalized spacial score (nSPS) is 20.2. The van der Waals surface area contributed by atoms with Crippen LogP contribution in [-0.2, 0) is 9.84 Å². The summed E-state index contributed by atoms with van der Waals surface area (Å²) in [6, 6.07) is 5.21. The van der Waals surface area contributed by atoms with Crippen LogP contribution in [0.15, 0.2) is 18.2 Å². The number of nitrogens with zero attached hydrogens (tertiary/aromatic N) is 4. The van der Waals surface area contributed by atoms with Crippen molar-refractivity contribution < 1.29 is 13.2 Å². The van der Waals surface area contributed by atoms with E-state index in [1.165, 1.54) is 4.90 Å². The third kappa shape index (κ3) is 2.78. The van der Waals surface area contributed by atoms with Crippen LogP contribution in [0, 0.1) is 6.92 Å². The Morgan fingerprint density at radius 3 is 2.73 bits per heavy atom. The predicted octanol–water partition coefficient (Wildman–Crippen LogP) is 0.592. The van der Waals surface area contributed by atoms with Gasteiger partial charge in [-0.25, -0.2) is 13.4 Å². The van der Waals surface area contributed by atoms with Crippen LogP contribution < -0.4 is 0 Å². The van der Waals surface area contributed by atoms with Crippen molar-refractivity contribution in [3.8, 4) is 0 Å². The van der Waals surface area contributed by atoms with E-state index >= 15 is 0 Å². The third-order valence-electron chi connectivity index (χ3n) is 3.88. The van der Waals surface area contributed by atoms with Gasteiger partial charge in [0.25, 0.3) is 5.91 Å². The zero-order valence-electron chi connectivity index (χ0n) is 12.4. The number of carbonyl (C=O) groups excluding carboxylic acids is 1. The standard InChI is InChI=1S/C14H16N4O3S/c1-9-3-4-11-12(7-9)15-13(17-16-11)14(19)18(2)10-5-6-22(20,21)8-10/h3-4,7,10H,5-6,8H2,1-2H3/t10-/m0/s1. The van der Waals surface area contributed by atoms with E-state index in [2.05, 4.69) is 15.2 Å². The van der Waals surface area contributed by atoms with Gasteiger partial charge in [0.1, 0.15) is 5.52 Å².